The van der Waals surface area contributed by atoms with Crippen molar-refractivity contribution in [3.05, 3.63) is 85.1 Å². The van der Waals surface area contributed by atoms with Gasteiger partial charge in [0.15, 0.2) is 0 Å². The SMILES string of the molecule is O=C([O-])Nc1nc2ccccc2[nH]1.O=C([O-])Nc1nc2ccccc2[nH]1.Oc1cccc2cccnc12.[Cu+2]. The molecule has 0 aliphatic heterocycles. The summed E-state index contributed by atoms with van der Waals surface area (Å²) in [5, 5.41) is 34.7. The van der Waals surface area contributed by atoms with E-state index < -0.39 is 12.2 Å². The minimum absolute atomic E-state index is 0. The van der Waals surface area contributed by atoms with Crippen LogP contribution in [0.25, 0.3) is 33.0 Å². The number of aromatic hydroxyl groups is 1. The van der Waals surface area contributed by atoms with Gasteiger partial charge >= 0.3 is 17.1 Å². The molecule has 6 aromatic rings. The number of nitrogens with one attached hydrogen (secondary N) is 4. The topological polar surface area (TPSA) is 195 Å². The molecule has 13 heteroatoms. The van der Waals surface area contributed by atoms with E-state index in [1.807, 2.05) is 65.2 Å². The van der Waals surface area contributed by atoms with E-state index in [0.717, 1.165) is 16.4 Å². The van der Waals surface area contributed by atoms with Crippen molar-refractivity contribution in [3.63, 3.8) is 0 Å². The van der Waals surface area contributed by atoms with Gasteiger partial charge in [0.25, 0.3) is 0 Å². The predicted octanol–water partition coefficient (Wildman–Crippen LogP) is 2.57. The van der Waals surface area contributed by atoms with E-state index in [1.165, 1.54) is 0 Å². The summed E-state index contributed by atoms with van der Waals surface area (Å²) in [7, 11) is 0. The van der Waals surface area contributed by atoms with Crippen LogP contribution in [0.1, 0.15) is 0 Å². The third-order valence-corrected chi connectivity index (χ3v) is 4.83. The molecule has 0 spiro atoms. The number of hydrogen-bond donors (Lipinski definition) is 5. The maximum Gasteiger partial charge on any atom is 2.00 e. The number of benzene rings is 3. The monoisotopic (exact) mass is 560 g/mol. The summed E-state index contributed by atoms with van der Waals surface area (Å²) in [6.45, 7) is 0. The first kappa shape index (κ1) is 27.5. The molecule has 1 radical (unpaired) electrons. The van der Waals surface area contributed by atoms with Crippen molar-refractivity contribution in [1.82, 2.24) is 24.9 Å². The third kappa shape index (κ3) is 7.20. The van der Waals surface area contributed by atoms with Crippen molar-refractivity contribution in [3.8, 4) is 5.75 Å². The van der Waals surface area contributed by atoms with E-state index in [1.54, 1.807) is 30.5 Å². The number of rotatable bonds is 2. The number of H-pyrrole nitrogens is 2. The van der Waals surface area contributed by atoms with Gasteiger partial charge in [0.05, 0.1) is 22.1 Å². The molecule has 5 N–H and O–H groups in total. The number of phenols is 1. The van der Waals surface area contributed by atoms with Crippen LogP contribution in [0.2, 0.25) is 0 Å². The number of aromatic amines is 2. The molecule has 195 valence electrons. The number of imidazole rings is 2. The fourth-order valence-corrected chi connectivity index (χ4v) is 3.31. The van der Waals surface area contributed by atoms with Gasteiger partial charge in [0.1, 0.15) is 23.5 Å². The third-order valence-electron chi connectivity index (χ3n) is 4.83. The maximum atomic E-state index is 10.2. The van der Waals surface area contributed by atoms with Crippen molar-refractivity contribution < 1.29 is 42.0 Å². The maximum absolute atomic E-state index is 10.2. The van der Waals surface area contributed by atoms with Gasteiger partial charge in [0.2, 0.25) is 11.9 Å². The Kier molecular flexibility index (Phi) is 9.19. The van der Waals surface area contributed by atoms with E-state index >= 15 is 0 Å². The van der Waals surface area contributed by atoms with Crippen LogP contribution in [-0.4, -0.2) is 42.2 Å². The molecule has 0 saturated carbocycles. The quantitative estimate of drug-likeness (QED) is 0.199. The van der Waals surface area contributed by atoms with Crippen LogP contribution >= 0.6 is 0 Å². The molecule has 0 atom stereocenters. The van der Waals surface area contributed by atoms with E-state index in [-0.39, 0.29) is 34.7 Å². The number of hydrogen-bond acceptors (Lipinski definition) is 8. The number of aromatic nitrogens is 5. The molecule has 0 aliphatic rings. The van der Waals surface area contributed by atoms with Gasteiger partial charge in [-0.2, -0.15) is 0 Å². The van der Waals surface area contributed by atoms with Gasteiger partial charge < -0.3 is 45.5 Å². The second-order valence-corrected chi connectivity index (χ2v) is 7.38. The minimum Gasteiger partial charge on any atom is -0.530 e. The molecule has 0 fully saturated rings. The smallest absolute Gasteiger partial charge is 0.530 e. The number of amides is 2. The fraction of sp³-hybridized carbons (Fsp3) is 0. The molecule has 2 amide bonds. The molecule has 0 aliphatic carbocycles. The van der Waals surface area contributed by atoms with Crippen LogP contribution in [0.15, 0.2) is 85.1 Å². The normalized spacial score (nSPS) is 9.89. The molecular formula is C25H19CuN7O5. The first-order valence-electron chi connectivity index (χ1n) is 10.8. The largest absolute Gasteiger partial charge is 2.00 e. The zero-order chi connectivity index (χ0) is 26.2. The molecular weight excluding hydrogens is 542 g/mol. The Morgan fingerprint density at radius 2 is 1.21 bits per heavy atom. The van der Waals surface area contributed by atoms with E-state index in [9.17, 15) is 24.9 Å². The minimum atomic E-state index is -1.38. The number of para-hydroxylation sites is 5. The summed E-state index contributed by atoms with van der Waals surface area (Å²) in [4.78, 5) is 37.9. The molecule has 0 unspecified atom stereocenters. The number of carboxylic acid groups (broad SMARTS) is 2. The van der Waals surface area contributed by atoms with Crippen molar-refractivity contribution >= 4 is 57.1 Å². The molecule has 0 bridgehead atoms. The molecule has 3 aromatic heterocycles. The van der Waals surface area contributed by atoms with Crippen LogP contribution in [0.3, 0.4) is 0 Å². The van der Waals surface area contributed by atoms with Crippen LogP contribution in [0.4, 0.5) is 21.5 Å². The average Bonchev–Trinajstić information content (AvgIpc) is 3.47. The number of pyridine rings is 1. The van der Waals surface area contributed by atoms with Crippen molar-refractivity contribution in [2.75, 3.05) is 10.6 Å². The number of phenolic OH excluding ortho intramolecular Hbond substituents is 1. The van der Waals surface area contributed by atoms with Crippen molar-refractivity contribution in [2.24, 2.45) is 0 Å². The van der Waals surface area contributed by atoms with Gasteiger partial charge in [0, 0.05) is 11.6 Å². The van der Waals surface area contributed by atoms with Gasteiger partial charge in [-0.05, 0) is 36.4 Å². The predicted molar refractivity (Wildman–Crippen MR) is 134 cm³/mol. The molecule has 6 rings (SSSR count). The molecule has 38 heavy (non-hydrogen) atoms. The standard InChI is InChI=1S/C9H7NO.2C8H7N3O2.Cu/c11-8-5-1-3-7-4-2-6-10-9(7)8;2*12-8(13)11-7-9-5-3-1-2-4-6(5)10-7;/h1-6,11H;2*1-4H,(H,12,13)(H2,9,10,11);/q;;;+2/p-2. The number of fused-ring (bicyclic) bond motifs is 3. The summed E-state index contributed by atoms with van der Waals surface area (Å²) >= 11 is 0. The first-order valence-corrected chi connectivity index (χ1v) is 10.8. The Morgan fingerprint density at radius 1 is 0.711 bits per heavy atom. The summed E-state index contributed by atoms with van der Waals surface area (Å²) in [5.74, 6) is 0.602. The van der Waals surface area contributed by atoms with Gasteiger partial charge in [-0.3, -0.25) is 4.98 Å². The zero-order valence-electron chi connectivity index (χ0n) is 19.3. The summed E-state index contributed by atoms with van der Waals surface area (Å²) in [6, 6.07) is 23.6. The van der Waals surface area contributed by atoms with Crippen LogP contribution < -0.4 is 20.8 Å². The van der Waals surface area contributed by atoms with E-state index in [2.05, 4.69) is 24.9 Å². The van der Waals surface area contributed by atoms with Crippen molar-refractivity contribution in [2.45, 2.75) is 0 Å². The Morgan fingerprint density at radius 3 is 1.68 bits per heavy atom. The first-order chi connectivity index (χ1) is 17.9. The average molecular weight is 561 g/mol. The Labute approximate surface area is 225 Å². The van der Waals surface area contributed by atoms with Crippen LogP contribution in [0.5, 0.6) is 5.75 Å². The molecule has 12 nitrogen and oxygen atoms in total. The van der Waals surface area contributed by atoms with E-state index in [4.69, 9.17) is 0 Å². The van der Waals surface area contributed by atoms with Gasteiger partial charge in [-0.15, -0.1) is 0 Å². The second-order valence-electron chi connectivity index (χ2n) is 7.38. The fourth-order valence-electron chi connectivity index (χ4n) is 3.31. The van der Waals surface area contributed by atoms with Crippen LogP contribution in [0, 0.1) is 0 Å². The molecule has 3 heterocycles. The summed E-state index contributed by atoms with van der Waals surface area (Å²) in [5.41, 5.74) is 3.66. The number of nitrogens with zero attached hydrogens (tertiary/aromatic N) is 3. The molecule has 3 aromatic carbocycles. The second kappa shape index (κ2) is 12.7. The summed E-state index contributed by atoms with van der Waals surface area (Å²) < 4.78 is 0. The van der Waals surface area contributed by atoms with Crippen LogP contribution in [-0.2, 0) is 17.1 Å². The summed E-state index contributed by atoms with van der Waals surface area (Å²) in [6.07, 6.45) is -1.08. The van der Waals surface area contributed by atoms with Crippen molar-refractivity contribution in [1.29, 1.82) is 0 Å². The number of anilines is 2. The Bertz CT molecular complexity index is 1530. The Balaban J connectivity index is 0.000000156. The van der Waals surface area contributed by atoms with Gasteiger partial charge in [-0.1, -0.05) is 42.5 Å². The number of carbonyl (C=O) groups is 2. The molecule has 0 saturated heterocycles. The zero-order valence-corrected chi connectivity index (χ0v) is 20.2. The Hall–Kier alpha value is -5.13. The van der Waals surface area contributed by atoms with E-state index in [0.29, 0.717) is 16.6 Å². The van der Waals surface area contributed by atoms with Gasteiger partial charge in [-0.25, -0.2) is 9.97 Å². The number of carbonyl (C=O) groups excluding carboxylic acids is 2.